The van der Waals surface area contributed by atoms with E-state index in [1.807, 2.05) is 38.1 Å². The molecule has 0 aliphatic rings. The molecule has 1 aromatic heterocycles. The van der Waals surface area contributed by atoms with Crippen LogP contribution in [0, 0.1) is 0 Å². The minimum Gasteiger partial charge on any atom is -0.493 e. The van der Waals surface area contributed by atoms with Crippen LogP contribution in [0.15, 0.2) is 34.9 Å². The van der Waals surface area contributed by atoms with Gasteiger partial charge < -0.3 is 9.84 Å². The predicted octanol–water partition coefficient (Wildman–Crippen LogP) is 3.49. The lowest BCUT2D eigenvalue weighted by Crippen LogP contribution is -2.28. The number of hydrogen-bond donors (Lipinski definition) is 1. The zero-order chi connectivity index (χ0) is 14.9. The van der Waals surface area contributed by atoms with Crippen molar-refractivity contribution in [1.29, 1.82) is 0 Å². The van der Waals surface area contributed by atoms with E-state index in [0.29, 0.717) is 11.4 Å². The first-order valence-corrected chi connectivity index (χ1v) is 7.27. The molecule has 1 atom stereocenters. The fourth-order valence-corrected chi connectivity index (χ4v) is 2.68. The minimum atomic E-state index is -1.18. The van der Waals surface area contributed by atoms with E-state index in [-0.39, 0.29) is 6.04 Å². The van der Waals surface area contributed by atoms with E-state index in [4.69, 9.17) is 4.74 Å². The van der Waals surface area contributed by atoms with Gasteiger partial charge in [-0.25, -0.2) is 0 Å². The second-order valence-electron chi connectivity index (χ2n) is 5.18. The molecule has 1 heterocycles. The Morgan fingerprint density at radius 2 is 2.10 bits per heavy atom. The summed E-state index contributed by atoms with van der Waals surface area (Å²) in [6.07, 6.45) is 1.64. The molecule has 4 nitrogen and oxygen atoms in total. The fourth-order valence-electron chi connectivity index (χ4n) is 2.28. The van der Waals surface area contributed by atoms with Gasteiger partial charge in [0, 0.05) is 10.5 Å². The van der Waals surface area contributed by atoms with Crippen molar-refractivity contribution < 1.29 is 9.84 Å². The molecule has 1 aromatic carbocycles. The molecule has 5 heteroatoms. The Balaban J connectivity index is 2.61. The van der Waals surface area contributed by atoms with Gasteiger partial charge in [-0.2, -0.15) is 5.10 Å². The number of aliphatic hydroxyl groups is 1. The van der Waals surface area contributed by atoms with E-state index in [0.717, 1.165) is 10.0 Å². The van der Waals surface area contributed by atoms with Crippen molar-refractivity contribution in [3.8, 4) is 5.75 Å². The zero-order valence-corrected chi connectivity index (χ0v) is 13.7. The van der Waals surface area contributed by atoms with E-state index in [1.165, 1.54) is 0 Å². The summed E-state index contributed by atoms with van der Waals surface area (Å²) in [5.74, 6) is 0.587. The van der Waals surface area contributed by atoms with Crippen LogP contribution in [0.25, 0.3) is 0 Å². The van der Waals surface area contributed by atoms with E-state index >= 15 is 0 Å². The Bertz CT molecular complexity index is 606. The summed E-state index contributed by atoms with van der Waals surface area (Å²) in [6, 6.07) is 7.75. The molecular weight excluding hydrogens is 320 g/mol. The quantitative estimate of drug-likeness (QED) is 0.928. The number of rotatable bonds is 4. The Kier molecular flexibility index (Phi) is 4.20. The Morgan fingerprint density at radius 3 is 2.65 bits per heavy atom. The number of halogens is 1. The van der Waals surface area contributed by atoms with Gasteiger partial charge in [0.1, 0.15) is 11.3 Å². The third-order valence-corrected chi connectivity index (χ3v) is 3.81. The molecule has 2 aromatic rings. The van der Waals surface area contributed by atoms with Gasteiger partial charge in [-0.1, -0.05) is 28.1 Å². The van der Waals surface area contributed by atoms with Gasteiger partial charge in [-0.15, -0.1) is 0 Å². The number of methoxy groups -OCH3 is 1. The average Bonchev–Trinajstić information content (AvgIpc) is 2.83. The second-order valence-corrected chi connectivity index (χ2v) is 6.10. The molecule has 1 N–H and O–H groups in total. The molecule has 0 spiro atoms. The number of ether oxygens (including phenoxy) is 1. The third-order valence-electron chi connectivity index (χ3n) is 3.32. The van der Waals surface area contributed by atoms with Gasteiger partial charge in [0.2, 0.25) is 0 Å². The van der Waals surface area contributed by atoms with Crippen LogP contribution in [0.2, 0.25) is 0 Å². The van der Waals surface area contributed by atoms with Crippen LogP contribution >= 0.6 is 15.9 Å². The van der Waals surface area contributed by atoms with Gasteiger partial charge in [-0.3, -0.25) is 4.68 Å². The van der Waals surface area contributed by atoms with Crippen molar-refractivity contribution in [2.24, 2.45) is 0 Å². The topological polar surface area (TPSA) is 47.3 Å². The lowest BCUT2D eigenvalue weighted by Gasteiger charge is -2.27. The highest BCUT2D eigenvalue weighted by atomic mass is 79.9. The maximum atomic E-state index is 11.1. The summed E-state index contributed by atoms with van der Waals surface area (Å²) >= 11 is 3.44. The highest BCUT2D eigenvalue weighted by Gasteiger charge is 2.34. The van der Waals surface area contributed by atoms with Crippen LogP contribution in [0.5, 0.6) is 5.75 Å². The number of nitrogens with zero attached hydrogens (tertiary/aromatic N) is 2. The van der Waals surface area contributed by atoms with Crippen LogP contribution < -0.4 is 4.74 Å². The number of benzene rings is 1. The molecule has 0 bridgehead atoms. The molecule has 0 amide bonds. The summed E-state index contributed by atoms with van der Waals surface area (Å²) in [5, 5.41) is 15.4. The largest absolute Gasteiger partial charge is 0.493 e. The van der Waals surface area contributed by atoms with Crippen LogP contribution in [0.4, 0.5) is 0 Å². The number of aromatic nitrogens is 2. The maximum absolute atomic E-state index is 11.1. The molecule has 108 valence electrons. The second kappa shape index (κ2) is 5.58. The SMILES string of the molecule is COc1cnn(C(C)C)c1C(C)(O)c1cccc(Br)c1. The zero-order valence-electron chi connectivity index (χ0n) is 12.1. The lowest BCUT2D eigenvalue weighted by molar-refractivity contribution is 0.0867. The van der Waals surface area contributed by atoms with Gasteiger partial charge in [0.05, 0.1) is 13.3 Å². The summed E-state index contributed by atoms with van der Waals surface area (Å²) < 4.78 is 8.07. The summed E-state index contributed by atoms with van der Waals surface area (Å²) in [7, 11) is 1.59. The normalized spacial score (nSPS) is 14.3. The highest BCUT2D eigenvalue weighted by molar-refractivity contribution is 9.10. The molecular formula is C15H19BrN2O2. The Morgan fingerprint density at radius 1 is 1.40 bits per heavy atom. The molecule has 2 rings (SSSR count). The van der Waals surface area contributed by atoms with Crippen molar-refractivity contribution >= 4 is 15.9 Å². The molecule has 1 unspecified atom stereocenters. The van der Waals surface area contributed by atoms with Gasteiger partial charge in [0.25, 0.3) is 0 Å². The lowest BCUT2D eigenvalue weighted by atomic mass is 9.91. The number of hydrogen-bond acceptors (Lipinski definition) is 3. The Labute approximate surface area is 127 Å². The van der Waals surface area contributed by atoms with Crippen molar-refractivity contribution in [1.82, 2.24) is 9.78 Å². The summed E-state index contributed by atoms with van der Waals surface area (Å²) in [4.78, 5) is 0. The van der Waals surface area contributed by atoms with Crippen molar-refractivity contribution in [3.05, 3.63) is 46.2 Å². The fraction of sp³-hybridized carbons (Fsp3) is 0.400. The molecule has 0 fully saturated rings. The first-order chi connectivity index (χ1) is 9.37. The molecule has 0 aliphatic heterocycles. The van der Waals surface area contributed by atoms with Gasteiger partial charge in [-0.05, 0) is 38.5 Å². The van der Waals surface area contributed by atoms with E-state index < -0.39 is 5.60 Å². The van der Waals surface area contributed by atoms with E-state index in [1.54, 1.807) is 24.9 Å². The van der Waals surface area contributed by atoms with Crippen LogP contribution in [0.3, 0.4) is 0 Å². The highest BCUT2D eigenvalue weighted by Crippen LogP contribution is 2.37. The molecule has 0 saturated heterocycles. The first-order valence-electron chi connectivity index (χ1n) is 6.48. The predicted molar refractivity (Wildman–Crippen MR) is 82.0 cm³/mol. The molecule has 0 saturated carbocycles. The van der Waals surface area contributed by atoms with Crippen molar-refractivity contribution in [2.45, 2.75) is 32.4 Å². The van der Waals surface area contributed by atoms with Crippen molar-refractivity contribution in [2.75, 3.05) is 7.11 Å². The van der Waals surface area contributed by atoms with E-state index in [2.05, 4.69) is 21.0 Å². The minimum absolute atomic E-state index is 0.132. The summed E-state index contributed by atoms with van der Waals surface area (Å²) in [5.41, 5.74) is 0.260. The Hall–Kier alpha value is -1.33. The van der Waals surface area contributed by atoms with Crippen LogP contribution in [0.1, 0.15) is 38.1 Å². The van der Waals surface area contributed by atoms with Gasteiger partial charge in [0.15, 0.2) is 5.75 Å². The van der Waals surface area contributed by atoms with Crippen LogP contribution in [-0.4, -0.2) is 22.0 Å². The molecule has 20 heavy (non-hydrogen) atoms. The van der Waals surface area contributed by atoms with Gasteiger partial charge >= 0.3 is 0 Å². The first kappa shape index (κ1) is 15.1. The summed E-state index contributed by atoms with van der Waals surface area (Å²) in [6.45, 7) is 5.80. The maximum Gasteiger partial charge on any atom is 0.163 e. The molecule has 0 radical (unpaired) electrons. The molecule has 0 aliphatic carbocycles. The average molecular weight is 339 g/mol. The third kappa shape index (κ3) is 2.60. The smallest absolute Gasteiger partial charge is 0.163 e. The monoisotopic (exact) mass is 338 g/mol. The standard InChI is InChI=1S/C15H19BrN2O2/c1-10(2)18-14(13(20-4)9-17-18)15(3,19)11-6-5-7-12(16)8-11/h5-10,19H,1-4H3. The van der Waals surface area contributed by atoms with Crippen molar-refractivity contribution in [3.63, 3.8) is 0 Å². The van der Waals surface area contributed by atoms with Crippen LogP contribution in [-0.2, 0) is 5.60 Å². The van der Waals surface area contributed by atoms with E-state index in [9.17, 15) is 5.11 Å².